The number of hydrogen-bond acceptors (Lipinski definition) is 5. The van der Waals surface area contributed by atoms with E-state index in [0.29, 0.717) is 11.7 Å². The molecule has 0 aliphatic carbocycles. The summed E-state index contributed by atoms with van der Waals surface area (Å²) in [5.41, 5.74) is 2.67. The van der Waals surface area contributed by atoms with Crippen molar-refractivity contribution in [3.8, 4) is 11.3 Å². The van der Waals surface area contributed by atoms with Crippen LogP contribution in [-0.4, -0.2) is 46.7 Å². The molecular weight excluding hydrogens is 412 g/mol. The number of likely N-dealkylation sites (N-methyl/N-ethyl adjacent to an activating group) is 1. The zero-order valence-corrected chi connectivity index (χ0v) is 19.6. The van der Waals surface area contributed by atoms with Crippen LogP contribution in [0.1, 0.15) is 46.6 Å². The minimum Gasteiger partial charge on any atom is -0.337 e. The van der Waals surface area contributed by atoms with Gasteiger partial charge >= 0.3 is 0 Å². The Morgan fingerprint density at radius 3 is 2.61 bits per heavy atom. The lowest BCUT2D eigenvalue weighted by Crippen LogP contribution is -2.42. The first kappa shape index (κ1) is 21.5. The molecule has 8 heteroatoms. The van der Waals surface area contributed by atoms with Crippen LogP contribution in [-0.2, 0) is 19.8 Å². The molecule has 2 aliphatic heterocycles. The number of nitrogens with one attached hydrogen (secondary N) is 1. The summed E-state index contributed by atoms with van der Waals surface area (Å²) in [5.74, 6) is -0.473. The van der Waals surface area contributed by atoms with E-state index in [1.165, 1.54) is 11.3 Å². The van der Waals surface area contributed by atoms with E-state index in [2.05, 4.69) is 10.3 Å². The van der Waals surface area contributed by atoms with Crippen LogP contribution in [0.3, 0.4) is 0 Å². The van der Waals surface area contributed by atoms with Crippen molar-refractivity contribution in [2.45, 2.75) is 52.0 Å². The highest BCUT2D eigenvalue weighted by molar-refractivity contribution is 7.14. The van der Waals surface area contributed by atoms with Gasteiger partial charge in [-0.05, 0) is 52.3 Å². The number of benzene rings is 1. The van der Waals surface area contributed by atoms with E-state index in [9.17, 15) is 14.4 Å². The fraction of sp³-hybridized carbons (Fsp3) is 0.478. The summed E-state index contributed by atoms with van der Waals surface area (Å²) in [6.07, 6.45) is 0.225. The van der Waals surface area contributed by atoms with Crippen LogP contribution < -0.4 is 10.2 Å². The zero-order valence-electron chi connectivity index (χ0n) is 18.8. The fourth-order valence-electron chi connectivity index (χ4n) is 4.33. The Morgan fingerprint density at radius 2 is 1.97 bits per heavy atom. The SMILES string of the molecule is CN1C(=O)C(C)(C)c2cc(-c3csc(NC(=O)C4CC(=O)N(C(C)(C)C)C4)n3)ccc21. The van der Waals surface area contributed by atoms with Crippen LogP contribution >= 0.6 is 11.3 Å². The molecule has 0 bridgehead atoms. The van der Waals surface area contributed by atoms with Gasteiger partial charge in [-0.15, -0.1) is 11.3 Å². The van der Waals surface area contributed by atoms with E-state index in [-0.39, 0.29) is 35.6 Å². The number of amides is 3. The van der Waals surface area contributed by atoms with Crippen molar-refractivity contribution in [2.24, 2.45) is 5.92 Å². The number of carbonyl (C=O) groups is 3. The largest absolute Gasteiger partial charge is 0.337 e. The minimum atomic E-state index is -0.582. The summed E-state index contributed by atoms with van der Waals surface area (Å²) in [5, 5.41) is 5.28. The van der Waals surface area contributed by atoms with Crippen molar-refractivity contribution < 1.29 is 14.4 Å². The Kier molecular flexibility index (Phi) is 4.96. The van der Waals surface area contributed by atoms with Crippen molar-refractivity contribution in [2.75, 3.05) is 23.8 Å². The van der Waals surface area contributed by atoms with Crippen LogP contribution in [0.4, 0.5) is 10.8 Å². The summed E-state index contributed by atoms with van der Waals surface area (Å²) in [6.45, 7) is 10.2. The number of hydrogen-bond donors (Lipinski definition) is 1. The van der Waals surface area contributed by atoms with Gasteiger partial charge in [-0.25, -0.2) is 4.98 Å². The number of aromatic nitrogens is 1. The summed E-state index contributed by atoms with van der Waals surface area (Å²) < 4.78 is 0. The Morgan fingerprint density at radius 1 is 1.26 bits per heavy atom. The molecule has 7 nitrogen and oxygen atoms in total. The summed E-state index contributed by atoms with van der Waals surface area (Å²) in [7, 11) is 1.79. The number of nitrogens with zero attached hydrogens (tertiary/aromatic N) is 3. The van der Waals surface area contributed by atoms with Gasteiger partial charge in [-0.1, -0.05) is 6.07 Å². The van der Waals surface area contributed by atoms with Crippen LogP contribution in [0.15, 0.2) is 23.6 Å². The van der Waals surface area contributed by atoms with Gasteiger partial charge in [0.1, 0.15) is 0 Å². The third kappa shape index (κ3) is 3.63. The second-order valence-corrected chi connectivity index (χ2v) is 10.7. The van der Waals surface area contributed by atoms with Crippen molar-refractivity contribution in [1.29, 1.82) is 0 Å². The van der Waals surface area contributed by atoms with Gasteiger partial charge in [0.2, 0.25) is 17.7 Å². The van der Waals surface area contributed by atoms with Gasteiger partial charge in [0, 0.05) is 42.2 Å². The van der Waals surface area contributed by atoms with Gasteiger partial charge in [0.05, 0.1) is 17.0 Å². The van der Waals surface area contributed by atoms with Crippen molar-refractivity contribution in [3.05, 3.63) is 29.1 Å². The summed E-state index contributed by atoms with van der Waals surface area (Å²) in [4.78, 5) is 45.6. The molecule has 1 atom stereocenters. The van der Waals surface area contributed by atoms with Gasteiger partial charge < -0.3 is 15.1 Å². The number of carbonyl (C=O) groups excluding carboxylic acids is 3. The number of thiazole rings is 1. The molecule has 1 N–H and O–H groups in total. The topological polar surface area (TPSA) is 82.6 Å². The highest BCUT2D eigenvalue weighted by atomic mass is 32.1. The van der Waals surface area contributed by atoms with Crippen LogP contribution in [0, 0.1) is 5.92 Å². The highest BCUT2D eigenvalue weighted by Gasteiger charge is 2.42. The van der Waals surface area contributed by atoms with E-state index in [1.54, 1.807) is 16.8 Å². The molecule has 1 fully saturated rings. The lowest BCUT2D eigenvalue weighted by atomic mass is 9.85. The van der Waals surface area contributed by atoms with Gasteiger partial charge in [-0.3, -0.25) is 14.4 Å². The van der Waals surface area contributed by atoms with Crippen LogP contribution in [0.25, 0.3) is 11.3 Å². The normalized spacial score (nSPS) is 20.4. The van der Waals surface area contributed by atoms with Crippen molar-refractivity contribution in [1.82, 2.24) is 9.88 Å². The minimum absolute atomic E-state index is 0.00717. The molecule has 164 valence electrons. The Balaban J connectivity index is 1.50. The number of rotatable bonds is 3. The van der Waals surface area contributed by atoms with E-state index in [0.717, 1.165) is 22.5 Å². The summed E-state index contributed by atoms with van der Waals surface area (Å²) in [6, 6.07) is 5.90. The van der Waals surface area contributed by atoms with Gasteiger partial charge in [0.25, 0.3) is 0 Å². The van der Waals surface area contributed by atoms with E-state index in [1.807, 2.05) is 58.2 Å². The van der Waals surface area contributed by atoms with Crippen molar-refractivity contribution >= 4 is 39.9 Å². The molecule has 1 saturated heterocycles. The average Bonchev–Trinajstić information content (AvgIpc) is 3.36. The lowest BCUT2D eigenvalue weighted by molar-refractivity contribution is -0.131. The fourth-order valence-corrected chi connectivity index (χ4v) is 5.06. The molecule has 2 aliphatic rings. The van der Waals surface area contributed by atoms with E-state index in [4.69, 9.17) is 0 Å². The van der Waals surface area contributed by atoms with Crippen LogP contribution in [0.2, 0.25) is 0 Å². The monoisotopic (exact) mass is 440 g/mol. The maximum absolute atomic E-state index is 12.7. The molecule has 1 aromatic carbocycles. The van der Waals surface area contributed by atoms with Crippen molar-refractivity contribution in [3.63, 3.8) is 0 Å². The lowest BCUT2D eigenvalue weighted by Gasteiger charge is -2.31. The van der Waals surface area contributed by atoms with Gasteiger partial charge in [0.15, 0.2) is 5.13 Å². The second kappa shape index (κ2) is 7.15. The molecule has 1 aromatic heterocycles. The highest BCUT2D eigenvalue weighted by Crippen LogP contribution is 2.42. The molecule has 4 rings (SSSR count). The summed E-state index contributed by atoms with van der Waals surface area (Å²) >= 11 is 1.35. The quantitative estimate of drug-likeness (QED) is 0.790. The molecule has 3 heterocycles. The third-order valence-electron chi connectivity index (χ3n) is 6.21. The first-order valence-corrected chi connectivity index (χ1v) is 11.3. The molecule has 3 amide bonds. The van der Waals surface area contributed by atoms with Gasteiger partial charge in [-0.2, -0.15) is 0 Å². The maximum atomic E-state index is 12.7. The van der Waals surface area contributed by atoms with E-state index >= 15 is 0 Å². The Labute approximate surface area is 186 Å². The molecular formula is C23H28N4O3S. The van der Waals surface area contributed by atoms with Crippen LogP contribution in [0.5, 0.6) is 0 Å². The molecule has 31 heavy (non-hydrogen) atoms. The first-order valence-electron chi connectivity index (χ1n) is 10.4. The predicted molar refractivity (Wildman–Crippen MR) is 122 cm³/mol. The maximum Gasteiger partial charge on any atom is 0.236 e. The number of fused-ring (bicyclic) bond motifs is 1. The first-order chi connectivity index (χ1) is 14.4. The molecule has 0 saturated carbocycles. The number of likely N-dealkylation sites (tertiary alicyclic amines) is 1. The predicted octanol–water partition coefficient (Wildman–Crippen LogP) is 3.65. The molecule has 2 aromatic rings. The zero-order chi connectivity index (χ0) is 22.7. The number of anilines is 2. The molecule has 1 unspecified atom stereocenters. The second-order valence-electron chi connectivity index (χ2n) is 9.82. The smallest absolute Gasteiger partial charge is 0.236 e. The average molecular weight is 441 g/mol. The Hall–Kier alpha value is -2.74. The molecule has 0 spiro atoms. The third-order valence-corrected chi connectivity index (χ3v) is 6.96. The standard InChI is InChI=1S/C23H28N4O3S/c1-22(2,3)27-11-14(10-18(27)28)19(29)25-21-24-16(12-31-21)13-7-8-17-15(9-13)23(4,5)20(30)26(17)6/h7-9,12,14H,10-11H2,1-6H3,(H,24,25,29). The molecule has 0 radical (unpaired) electrons. The Bertz CT molecular complexity index is 1080. The van der Waals surface area contributed by atoms with E-state index < -0.39 is 5.41 Å².